The molecule has 3 aromatic rings. The third-order valence-electron chi connectivity index (χ3n) is 4.17. The number of benzene rings is 3. The molecule has 0 aliphatic rings. The third kappa shape index (κ3) is 2.44. The highest BCUT2D eigenvalue weighted by atomic mass is 19.2. The monoisotopic (exact) mass is 359 g/mol. The van der Waals surface area contributed by atoms with Crippen molar-refractivity contribution in [1.82, 2.24) is 0 Å². The Kier molecular flexibility index (Phi) is 4.47. The number of nitrogens with zero attached hydrogens (tertiary/aromatic N) is 1. The van der Waals surface area contributed by atoms with Gasteiger partial charge in [0.25, 0.3) is 0 Å². The van der Waals surface area contributed by atoms with E-state index in [0.29, 0.717) is 0 Å². The predicted octanol–water partition coefficient (Wildman–Crippen LogP) is 5.24. The Morgan fingerprint density at radius 3 is 1.27 bits per heavy atom. The summed E-state index contributed by atoms with van der Waals surface area (Å²) in [6.07, 6.45) is 0. The van der Waals surface area contributed by atoms with Gasteiger partial charge in [-0.05, 0) is 11.1 Å². The molecule has 3 rings (SSSR count). The molecule has 0 saturated heterocycles. The maximum Gasteiger partial charge on any atom is 0.200 e. The van der Waals surface area contributed by atoms with Crippen molar-refractivity contribution in [2.24, 2.45) is 0 Å². The Bertz CT molecular complexity index is 926. The van der Waals surface area contributed by atoms with Crippen molar-refractivity contribution in [2.45, 2.75) is 5.41 Å². The molecule has 0 amide bonds. The first-order chi connectivity index (χ1) is 12.4. The van der Waals surface area contributed by atoms with Gasteiger partial charge in [0.2, 0.25) is 5.82 Å². The van der Waals surface area contributed by atoms with Crippen LogP contribution in [0.15, 0.2) is 60.7 Å². The number of nitriles is 1. The molecule has 3 aromatic carbocycles. The van der Waals surface area contributed by atoms with Crippen molar-refractivity contribution in [2.75, 3.05) is 0 Å². The van der Waals surface area contributed by atoms with Crippen LogP contribution in [-0.4, -0.2) is 0 Å². The smallest absolute Gasteiger partial charge is 0.200 e. The Morgan fingerprint density at radius 2 is 0.923 bits per heavy atom. The van der Waals surface area contributed by atoms with Crippen molar-refractivity contribution < 1.29 is 22.0 Å². The van der Waals surface area contributed by atoms with Gasteiger partial charge in [-0.3, -0.25) is 0 Å². The molecule has 0 aliphatic heterocycles. The summed E-state index contributed by atoms with van der Waals surface area (Å²) in [6, 6.07) is 16.6. The molecule has 0 aromatic heterocycles. The van der Waals surface area contributed by atoms with E-state index in [1.807, 2.05) is 0 Å². The highest BCUT2D eigenvalue weighted by Gasteiger charge is 2.44. The van der Waals surface area contributed by atoms with Gasteiger partial charge in [-0.25, -0.2) is 22.0 Å². The molecule has 0 aliphatic carbocycles. The Morgan fingerprint density at radius 1 is 0.577 bits per heavy atom. The molecule has 0 saturated carbocycles. The lowest BCUT2D eigenvalue weighted by Crippen LogP contribution is -2.31. The Balaban J connectivity index is 2.52. The van der Waals surface area contributed by atoms with E-state index in [0.717, 1.165) is 0 Å². The summed E-state index contributed by atoms with van der Waals surface area (Å²) in [5.41, 5.74) is -3.26. The fourth-order valence-corrected chi connectivity index (χ4v) is 2.95. The molecular formula is C20H10F5N. The fourth-order valence-electron chi connectivity index (χ4n) is 2.95. The molecule has 0 atom stereocenters. The molecule has 0 fully saturated rings. The quantitative estimate of drug-likeness (QED) is 0.272. The average molecular weight is 359 g/mol. The van der Waals surface area contributed by atoms with Crippen LogP contribution in [0.4, 0.5) is 22.0 Å². The van der Waals surface area contributed by atoms with E-state index in [2.05, 4.69) is 0 Å². The first-order valence-corrected chi connectivity index (χ1v) is 7.49. The number of hydrogen-bond donors (Lipinski definition) is 0. The zero-order valence-electron chi connectivity index (χ0n) is 13.1. The van der Waals surface area contributed by atoms with Crippen LogP contribution in [0.3, 0.4) is 0 Å². The van der Waals surface area contributed by atoms with Crippen LogP contribution in [0, 0.1) is 40.4 Å². The Hall–Kier alpha value is -3.20. The minimum atomic E-state index is -2.27. The maximum atomic E-state index is 14.6. The van der Waals surface area contributed by atoms with Crippen LogP contribution in [0.1, 0.15) is 16.7 Å². The summed E-state index contributed by atoms with van der Waals surface area (Å²) in [6.45, 7) is 0. The highest BCUT2D eigenvalue weighted by molar-refractivity contribution is 5.57. The van der Waals surface area contributed by atoms with Crippen LogP contribution in [-0.2, 0) is 5.41 Å². The molecule has 0 bridgehead atoms. The van der Waals surface area contributed by atoms with Crippen LogP contribution >= 0.6 is 0 Å². The second-order valence-electron chi connectivity index (χ2n) is 5.54. The number of halogens is 5. The lowest BCUT2D eigenvalue weighted by molar-refractivity contribution is 0.364. The molecular weight excluding hydrogens is 349 g/mol. The van der Waals surface area contributed by atoms with Gasteiger partial charge in [-0.1, -0.05) is 60.7 Å². The normalized spacial score (nSPS) is 11.2. The van der Waals surface area contributed by atoms with Crippen molar-refractivity contribution in [3.63, 3.8) is 0 Å². The molecule has 0 unspecified atom stereocenters. The summed E-state index contributed by atoms with van der Waals surface area (Å²) in [7, 11) is 0. The van der Waals surface area contributed by atoms with Crippen molar-refractivity contribution in [3.05, 3.63) is 106 Å². The minimum absolute atomic E-state index is 0.0805. The summed E-state index contributed by atoms with van der Waals surface area (Å²) < 4.78 is 70.3. The van der Waals surface area contributed by atoms with Crippen LogP contribution in [0.25, 0.3) is 0 Å². The van der Waals surface area contributed by atoms with Crippen LogP contribution in [0.5, 0.6) is 0 Å². The standard InChI is InChI=1S/C20H10F5N/c21-15-14(16(22)18(24)19(25)17(15)23)20(11-26,12-7-3-1-4-8-12)13-9-5-2-6-10-13/h1-10H. The third-order valence-corrected chi connectivity index (χ3v) is 4.17. The Labute approximate surface area is 145 Å². The summed E-state index contributed by atoms with van der Waals surface area (Å²) in [5.74, 6) is -10.5. The van der Waals surface area contributed by atoms with Gasteiger partial charge in [-0.15, -0.1) is 0 Å². The van der Waals surface area contributed by atoms with Crippen LogP contribution < -0.4 is 0 Å². The summed E-state index contributed by atoms with van der Waals surface area (Å²) in [4.78, 5) is 0. The van der Waals surface area contributed by atoms with E-state index in [4.69, 9.17) is 0 Å². The molecule has 0 radical (unpaired) electrons. The molecule has 0 N–H and O–H groups in total. The minimum Gasteiger partial charge on any atom is -0.203 e. The number of rotatable bonds is 3. The zero-order chi connectivity index (χ0) is 18.9. The summed E-state index contributed by atoms with van der Waals surface area (Å²) in [5, 5.41) is 9.91. The van der Waals surface area contributed by atoms with Crippen molar-refractivity contribution >= 4 is 0 Å². The van der Waals surface area contributed by atoms with Gasteiger partial charge >= 0.3 is 0 Å². The van der Waals surface area contributed by atoms with Crippen molar-refractivity contribution in [3.8, 4) is 6.07 Å². The second kappa shape index (κ2) is 6.60. The van der Waals surface area contributed by atoms with Crippen molar-refractivity contribution in [1.29, 1.82) is 5.26 Å². The largest absolute Gasteiger partial charge is 0.203 e. The zero-order valence-corrected chi connectivity index (χ0v) is 13.1. The van der Waals surface area contributed by atoms with E-state index >= 15 is 0 Å². The van der Waals surface area contributed by atoms with Gasteiger partial charge in [0.1, 0.15) is 5.41 Å². The van der Waals surface area contributed by atoms with E-state index < -0.39 is 40.1 Å². The molecule has 1 nitrogen and oxygen atoms in total. The summed E-state index contributed by atoms with van der Waals surface area (Å²) >= 11 is 0. The van der Waals surface area contributed by atoms with Gasteiger partial charge in [0.05, 0.1) is 11.6 Å². The molecule has 0 heterocycles. The lowest BCUT2D eigenvalue weighted by Gasteiger charge is -2.29. The molecule has 130 valence electrons. The van der Waals surface area contributed by atoms with E-state index in [9.17, 15) is 27.2 Å². The van der Waals surface area contributed by atoms with E-state index in [1.54, 1.807) is 18.2 Å². The first-order valence-electron chi connectivity index (χ1n) is 7.49. The average Bonchev–Trinajstić information content (AvgIpc) is 2.69. The topological polar surface area (TPSA) is 23.8 Å². The van der Waals surface area contributed by atoms with Gasteiger partial charge in [0, 0.05) is 0 Å². The van der Waals surface area contributed by atoms with Gasteiger partial charge in [0.15, 0.2) is 23.3 Å². The SMILES string of the molecule is N#CC(c1ccccc1)(c1ccccc1)c1c(F)c(F)c(F)c(F)c1F. The fraction of sp³-hybridized carbons (Fsp3) is 0.0500. The second-order valence-corrected chi connectivity index (χ2v) is 5.54. The van der Waals surface area contributed by atoms with E-state index in [-0.39, 0.29) is 11.1 Å². The lowest BCUT2D eigenvalue weighted by atomic mass is 9.70. The predicted molar refractivity (Wildman–Crippen MR) is 84.6 cm³/mol. The van der Waals surface area contributed by atoms with Gasteiger partial charge < -0.3 is 0 Å². The highest BCUT2D eigenvalue weighted by Crippen LogP contribution is 2.42. The maximum absolute atomic E-state index is 14.6. The first kappa shape index (κ1) is 17.6. The van der Waals surface area contributed by atoms with E-state index in [1.165, 1.54) is 48.5 Å². The van der Waals surface area contributed by atoms with Crippen LogP contribution in [0.2, 0.25) is 0 Å². The number of hydrogen-bond acceptors (Lipinski definition) is 1. The molecule has 6 heteroatoms. The van der Waals surface area contributed by atoms with Gasteiger partial charge in [-0.2, -0.15) is 5.26 Å². The molecule has 26 heavy (non-hydrogen) atoms. The molecule has 0 spiro atoms.